The fourth-order valence-electron chi connectivity index (χ4n) is 1.65. The third kappa shape index (κ3) is 4.72. The zero-order valence-corrected chi connectivity index (χ0v) is 10.7. The first-order valence-corrected chi connectivity index (χ1v) is 7.29. The summed E-state index contributed by atoms with van der Waals surface area (Å²) >= 11 is 0. The maximum Gasteiger partial charge on any atom is 0.148 e. The van der Waals surface area contributed by atoms with Gasteiger partial charge in [-0.05, 0) is 26.0 Å². The molecule has 1 aromatic rings. The molecule has 0 saturated heterocycles. The first-order chi connectivity index (χ1) is 7.38. The largest absolute Gasteiger partial charge is 0.305 e. The summed E-state index contributed by atoms with van der Waals surface area (Å²) in [7, 11) is -2.93. The Morgan fingerprint density at radius 3 is 2.56 bits per heavy atom. The number of aromatic nitrogens is 1. The highest BCUT2D eigenvalue weighted by atomic mass is 32.2. The Labute approximate surface area is 97.0 Å². The van der Waals surface area contributed by atoms with Gasteiger partial charge in [-0.3, -0.25) is 4.98 Å². The van der Waals surface area contributed by atoms with Crippen molar-refractivity contribution in [1.82, 2.24) is 10.3 Å². The minimum absolute atomic E-state index is 0.0537. The number of nitrogens with zero attached hydrogens (tertiary/aromatic N) is 1. The molecule has 2 atom stereocenters. The molecular weight excluding hydrogens is 224 g/mol. The number of rotatable bonds is 5. The minimum Gasteiger partial charge on any atom is -0.305 e. The standard InChI is InChI=1S/C11H18N2O2S/c1-9(8-16(3,14)15)13-10(2)11-6-4-5-7-12-11/h4-7,9-10,13H,8H2,1-3H3/t9?,10-/m0/s1. The molecule has 0 aliphatic carbocycles. The molecule has 0 aliphatic rings. The van der Waals surface area contributed by atoms with Crippen molar-refractivity contribution in [2.45, 2.75) is 25.9 Å². The van der Waals surface area contributed by atoms with E-state index >= 15 is 0 Å². The zero-order chi connectivity index (χ0) is 12.2. The van der Waals surface area contributed by atoms with Gasteiger partial charge in [-0.1, -0.05) is 6.07 Å². The zero-order valence-electron chi connectivity index (χ0n) is 9.84. The Morgan fingerprint density at radius 2 is 2.06 bits per heavy atom. The Morgan fingerprint density at radius 1 is 1.38 bits per heavy atom. The highest BCUT2D eigenvalue weighted by Crippen LogP contribution is 2.09. The van der Waals surface area contributed by atoms with Crippen LogP contribution in [-0.4, -0.2) is 31.5 Å². The van der Waals surface area contributed by atoms with Gasteiger partial charge >= 0.3 is 0 Å². The third-order valence-corrected chi connectivity index (χ3v) is 3.32. The van der Waals surface area contributed by atoms with Gasteiger partial charge in [-0.2, -0.15) is 0 Å². The van der Waals surface area contributed by atoms with E-state index in [0.717, 1.165) is 5.69 Å². The van der Waals surface area contributed by atoms with Crippen molar-refractivity contribution in [3.05, 3.63) is 30.1 Å². The number of nitrogens with one attached hydrogen (secondary N) is 1. The molecule has 0 bridgehead atoms. The van der Waals surface area contributed by atoms with Crippen molar-refractivity contribution in [2.75, 3.05) is 12.0 Å². The van der Waals surface area contributed by atoms with Gasteiger partial charge in [0.15, 0.2) is 0 Å². The molecule has 0 saturated carbocycles. The van der Waals surface area contributed by atoms with Gasteiger partial charge in [0.1, 0.15) is 9.84 Å². The summed E-state index contributed by atoms with van der Waals surface area (Å²) in [5.41, 5.74) is 0.919. The van der Waals surface area contributed by atoms with Crippen LogP contribution < -0.4 is 5.32 Å². The average Bonchev–Trinajstić information content (AvgIpc) is 2.16. The summed E-state index contributed by atoms with van der Waals surface area (Å²) in [6.45, 7) is 3.83. The summed E-state index contributed by atoms with van der Waals surface area (Å²) < 4.78 is 22.2. The van der Waals surface area contributed by atoms with E-state index in [0.29, 0.717) is 0 Å². The molecule has 90 valence electrons. The van der Waals surface area contributed by atoms with Gasteiger partial charge in [0.2, 0.25) is 0 Å². The fourth-order valence-corrected chi connectivity index (χ4v) is 2.65. The van der Waals surface area contributed by atoms with Crippen molar-refractivity contribution in [2.24, 2.45) is 0 Å². The van der Waals surface area contributed by atoms with Crippen molar-refractivity contribution in [3.63, 3.8) is 0 Å². The molecule has 1 aromatic heterocycles. The molecule has 0 fully saturated rings. The lowest BCUT2D eigenvalue weighted by Crippen LogP contribution is -2.34. The van der Waals surface area contributed by atoms with Gasteiger partial charge in [-0.15, -0.1) is 0 Å². The van der Waals surface area contributed by atoms with Crippen molar-refractivity contribution in [3.8, 4) is 0 Å². The predicted molar refractivity (Wildman–Crippen MR) is 65.0 cm³/mol. The summed E-state index contributed by atoms with van der Waals surface area (Å²) in [6.07, 6.45) is 2.98. The second-order valence-electron chi connectivity index (χ2n) is 4.14. The Balaban J connectivity index is 2.55. The molecule has 4 nitrogen and oxygen atoms in total. The number of sulfone groups is 1. The van der Waals surface area contributed by atoms with Crippen molar-refractivity contribution in [1.29, 1.82) is 0 Å². The molecule has 16 heavy (non-hydrogen) atoms. The van der Waals surface area contributed by atoms with Gasteiger partial charge in [0, 0.05) is 24.5 Å². The predicted octanol–water partition coefficient (Wildman–Crippen LogP) is 1.17. The summed E-state index contributed by atoms with van der Waals surface area (Å²) in [5, 5.41) is 3.21. The maximum atomic E-state index is 11.1. The van der Waals surface area contributed by atoms with Crippen LogP contribution in [0.25, 0.3) is 0 Å². The lowest BCUT2D eigenvalue weighted by atomic mass is 10.2. The van der Waals surface area contributed by atoms with E-state index in [4.69, 9.17) is 0 Å². The minimum atomic E-state index is -2.93. The van der Waals surface area contributed by atoms with Crippen LogP contribution in [0.15, 0.2) is 24.4 Å². The normalized spacial score (nSPS) is 15.7. The van der Waals surface area contributed by atoms with Crippen LogP contribution in [-0.2, 0) is 9.84 Å². The van der Waals surface area contributed by atoms with Gasteiger partial charge in [0.05, 0.1) is 11.4 Å². The molecule has 1 N–H and O–H groups in total. The van der Waals surface area contributed by atoms with E-state index < -0.39 is 9.84 Å². The lowest BCUT2D eigenvalue weighted by molar-refractivity contribution is 0.493. The number of hydrogen-bond acceptors (Lipinski definition) is 4. The van der Waals surface area contributed by atoms with Crippen LogP contribution in [0, 0.1) is 0 Å². The Bertz CT molecular complexity index is 417. The van der Waals surface area contributed by atoms with Crippen molar-refractivity contribution >= 4 is 9.84 Å². The monoisotopic (exact) mass is 242 g/mol. The van der Waals surface area contributed by atoms with Gasteiger partial charge in [-0.25, -0.2) is 8.42 Å². The number of pyridine rings is 1. The number of hydrogen-bond donors (Lipinski definition) is 1. The molecule has 5 heteroatoms. The molecule has 1 rings (SSSR count). The van der Waals surface area contributed by atoms with Gasteiger partial charge < -0.3 is 5.32 Å². The molecule has 0 radical (unpaired) electrons. The van der Waals surface area contributed by atoms with Crippen LogP contribution in [0.1, 0.15) is 25.6 Å². The molecule has 0 aliphatic heterocycles. The average molecular weight is 242 g/mol. The fraction of sp³-hybridized carbons (Fsp3) is 0.545. The highest BCUT2D eigenvalue weighted by molar-refractivity contribution is 7.90. The lowest BCUT2D eigenvalue weighted by Gasteiger charge is -2.18. The topological polar surface area (TPSA) is 59.1 Å². The Hall–Kier alpha value is -0.940. The van der Waals surface area contributed by atoms with Crippen LogP contribution >= 0.6 is 0 Å². The molecule has 0 amide bonds. The highest BCUT2D eigenvalue weighted by Gasteiger charge is 2.14. The van der Waals surface area contributed by atoms with Gasteiger partial charge in [0.25, 0.3) is 0 Å². The second-order valence-corrected chi connectivity index (χ2v) is 6.32. The second kappa shape index (κ2) is 5.41. The summed E-state index contributed by atoms with van der Waals surface area (Å²) in [6, 6.07) is 5.67. The molecular formula is C11H18N2O2S. The molecule has 1 heterocycles. The summed E-state index contributed by atoms with van der Waals surface area (Å²) in [4.78, 5) is 4.22. The maximum absolute atomic E-state index is 11.1. The van der Waals surface area contributed by atoms with Crippen molar-refractivity contribution < 1.29 is 8.42 Å². The van der Waals surface area contributed by atoms with E-state index in [9.17, 15) is 8.42 Å². The first kappa shape index (κ1) is 13.1. The van der Waals surface area contributed by atoms with Crippen LogP contribution in [0.5, 0.6) is 0 Å². The van der Waals surface area contributed by atoms with Crippen LogP contribution in [0.3, 0.4) is 0 Å². The first-order valence-electron chi connectivity index (χ1n) is 5.23. The van der Waals surface area contributed by atoms with Crippen LogP contribution in [0.2, 0.25) is 0 Å². The molecule has 0 spiro atoms. The SMILES string of the molecule is CC(CS(C)(=O)=O)N[C@@H](C)c1ccccn1. The van der Waals surface area contributed by atoms with E-state index in [1.807, 2.05) is 32.0 Å². The molecule has 1 unspecified atom stereocenters. The summed E-state index contributed by atoms with van der Waals surface area (Å²) in [5.74, 6) is 0.143. The molecule has 0 aromatic carbocycles. The van der Waals surface area contributed by atoms with Crippen LogP contribution in [0.4, 0.5) is 0 Å². The third-order valence-electron chi connectivity index (χ3n) is 2.22. The quantitative estimate of drug-likeness (QED) is 0.842. The Kier molecular flexibility index (Phi) is 4.44. The smallest absolute Gasteiger partial charge is 0.148 e. The van der Waals surface area contributed by atoms with E-state index in [1.165, 1.54) is 6.26 Å². The van der Waals surface area contributed by atoms with E-state index in [-0.39, 0.29) is 17.8 Å². The van der Waals surface area contributed by atoms with E-state index in [1.54, 1.807) is 6.20 Å². The van der Waals surface area contributed by atoms with E-state index in [2.05, 4.69) is 10.3 Å².